The van der Waals surface area contributed by atoms with Gasteiger partial charge in [-0.15, -0.1) is 0 Å². The van der Waals surface area contributed by atoms with Gasteiger partial charge < -0.3 is 20.1 Å². The van der Waals surface area contributed by atoms with Gasteiger partial charge in [-0.25, -0.2) is 13.2 Å². The highest BCUT2D eigenvalue weighted by atomic mass is 32.2. The molecule has 1 fully saturated rings. The first-order valence-electron chi connectivity index (χ1n) is 8.93. The zero-order valence-electron chi connectivity index (χ0n) is 16.1. The number of nitrogens with one attached hydrogen (secondary N) is 1. The Hall–Kier alpha value is -2.74. The molecule has 0 atom stereocenters. The Morgan fingerprint density at radius 2 is 1.96 bits per heavy atom. The molecule has 0 spiro atoms. The number of sulfone groups is 1. The highest BCUT2D eigenvalue weighted by molar-refractivity contribution is 7.90. The number of benzene rings is 2. The number of anilines is 1. The van der Waals surface area contributed by atoms with Crippen molar-refractivity contribution in [3.05, 3.63) is 47.5 Å². The zero-order valence-corrected chi connectivity index (χ0v) is 16.9. The maximum atomic E-state index is 12.9. The molecular formula is C20H24N2O5S. The van der Waals surface area contributed by atoms with Gasteiger partial charge in [0.25, 0.3) is 0 Å². The number of carbonyl (C=O) groups excluding carboxylic acids is 1. The number of phenols is 1. The summed E-state index contributed by atoms with van der Waals surface area (Å²) in [5, 5.41) is 12.6. The molecule has 150 valence electrons. The third-order valence-electron chi connectivity index (χ3n) is 4.72. The van der Waals surface area contributed by atoms with Crippen LogP contribution in [0.3, 0.4) is 0 Å². The Bertz CT molecular complexity index is 1000. The van der Waals surface area contributed by atoms with Crippen molar-refractivity contribution in [3.63, 3.8) is 0 Å². The molecule has 2 aromatic carbocycles. The van der Waals surface area contributed by atoms with Crippen molar-refractivity contribution in [1.29, 1.82) is 0 Å². The van der Waals surface area contributed by atoms with Gasteiger partial charge in [0.2, 0.25) is 0 Å². The Morgan fingerprint density at radius 1 is 1.25 bits per heavy atom. The van der Waals surface area contributed by atoms with Crippen LogP contribution >= 0.6 is 0 Å². The third-order valence-corrected chi connectivity index (χ3v) is 5.83. The van der Waals surface area contributed by atoms with Crippen molar-refractivity contribution >= 4 is 21.6 Å². The molecule has 1 aliphatic carbocycles. The third kappa shape index (κ3) is 4.56. The lowest BCUT2D eigenvalue weighted by molar-refractivity contribution is 0.206. The number of hydrogen-bond donors (Lipinski definition) is 2. The van der Waals surface area contributed by atoms with Gasteiger partial charge in [-0.1, -0.05) is 12.1 Å². The van der Waals surface area contributed by atoms with Crippen LogP contribution in [0.2, 0.25) is 0 Å². The van der Waals surface area contributed by atoms with E-state index < -0.39 is 9.84 Å². The molecule has 0 bridgehead atoms. The summed E-state index contributed by atoms with van der Waals surface area (Å²) in [5.74, 6) is 0.396. The standard InChI is InChI=1S/C20H24N2O5S/c1-13-4-8-16(28(3,25)26)11-17(13)21-20(24)22(15-6-7-15)12-14-5-9-18(23)19(10-14)27-2/h4-5,8-11,15,23H,6-7,12H2,1-3H3,(H,21,24). The molecule has 28 heavy (non-hydrogen) atoms. The van der Waals surface area contributed by atoms with E-state index in [1.807, 2.05) is 6.92 Å². The quantitative estimate of drug-likeness (QED) is 0.770. The van der Waals surface area contributed by atoms with Crippen molar-refractivity contribution in [2.24, 2.45) is 0 Å². The lowest BCUT2D eigenvalue weighted by Gasteiger charge is -2.24. The van der Waals surface area contributed by atoms with E-state index in [4.69, 9.17) is 4.74 Å². The average Bonchev–Trinajstić information content (AvgIpc) is 3.46. The number of amides is 2. The number of urea groups is 1. The summed E-state index contributed by atoms with van der Waals surface area (Å²) in [4.78, 5) is 14.8. The highest BCUT2D eigenvalue weighted by Crippen LogP contribution is 2.32. The molecule has 8 heteroatoms. The largest absolute Gasteiger partial charge is 0.504 e. The van der Waals surface area contributed by atoms with Gasteiger partial charge in [0.1, 0.15) is 0 Å². The van der Waals surface area contributed by atoms with Gasteiger partial charge in [0.15, 0.2) is 21.3 Å². The van der Waals surface area contributed by atoms with E-state index >= 15 is 0 Å². The number of aryl methyl sites for hydroxylation is 1. The molecule has 0 heterocycles. The Labute approximate surface area is 164 Å². The highest BCUT2D eigenvalue weighted by Gasteiger charge is 2.33. The van der Waals surface area contributed by atoms with E-state index in [-0.39, 0.29) is 22.7 Å². The van der Waals surface area contributed by atoms with Crippen LogP contribution in [-0.4, -0.2) is 43.9 Å². The van der Waals surface area contributed by atoms with Crippen LogP contribution in [0.15, 0.2) is 41.3 Å². The molecule has 0 aromatic heterocycles. The summed E-state index contributed by atoms with van der Waals surface area (Å²) in [5.41, 5.74) is 2.09. The number of aromatic hydroxyl groups is 1. The average molecular weight is 404 g/mol. The van der Waals surface area contributed by atoms with Crippen LogP contribution < -0.4 is 10.1 Å². The molecule has 2 amide bonds. The van der Waals surface area contributed by atoms with Crippen molar-refractivity contribution in [2.45, 2.75) is 37.2 Å². The minimum absolute atomic E-state index is 0.0434. The topological polar surface area (TPSA) is 95.9 Å². The van der Waals surface area contributed by atoms with E-state index in [9.17, 15) is 18.3 Å². The summed E-state index contributed by atoms with van der Waals surface area (Å²) < 4.78 is 28.8. The Kier molecular flexibility index (Phi) is 5.51. The van der Waals surface area contributed by atoms with Crippen molar-refractivity contribution in [1.82, 2.24) is 4.90 Å². The summed E-state index contributed by atoms with van der Waals surface area (Å²) in [6.07, 6.45) is 2.98. The number of methoxy groups -OCH3 is 1. The first kappa shape index (κ1) is 20.0. The van der Waals surface area contributed by atoms with E-state index in [0.717, 1.165) is 30.2 Å². The molecule has 2 N–H and O–H groups in total. The molecule has 0 saturated heterocycles. The van der Waals surface area contributed by atoms with Gasteiger partial charge in [-0.05, 0) is 55.2 Å². The van der Waals surface area contributed by atoms with Crippen LogP contribution in [0.25, 0.3) is 0 Å². The van der Waals surface area contributed by atoms with Crippen LogP contribution in [0, 0.1) is 6.92 Å². The van der Waals surface area contributed by atoms with Crippen molar-refractivity contribution < 1.29 is 23.1 Å². The molecular weight excluding hydrogens is 380 g/mol. The van der Waals surface area contributed by atoms with E-state index in [1.54, 1.807) is 23.1 Å². The summed E-state index contributed by atoms with van der Waals surface area (Å²) in [7, 11) is -1.89. The number of hydrogen-bond acceptors (Lipinski definition) is 5. The second kappa shape index (κ2) is 7.71. The summed E-state index contributed by atoms with van der Waals surface area (Å²) >= 11 is 0. The summed E-state index contributed by atoms with van der Waals surface area (Å²) in [6, 6.07) is 9.53. The predicted molar refractivity (Wildman–Crippen MR) is 107 cm³/mol. The minimum Gasteiger partial charge on any atom is -0.504 e. The number of rotatable bonds is 6. The van der Waals surface area contributed by atoms with Crippen LogP contribution in [-0.2, 0) is 16.4 Å². The molecule has 0 radical (unpaired) electrons. The number of carbonyl (C=O) groups is 1. The Morgan fingerprint density at radius 3 is 2.57 bits per heavy atom. The number of nitrogens with zero attached hydrogens (tertiary/aromatic N) is 1. The molecule has 1 saturated carbocycles. The van der Waals surface area contributed by atoms with Gasteiger partial charge >= 0.3 is 6.03 Å². The molecule has 0 unspecified atom stereocenters. The lowest BCUT2D eigenvalue weighted by atomic mass is 10.2. The fourth-order valence-electron chi connectivity index (χ4n) is 2.92. The smallest absolute Gasteiger partial charge is 0.322 e. The van der Waals surface area contributed by atoms with Crippen LogP contribution in [0.4, 0.5) is 10.5 Å². The second-order valence-corrected chi connectivity index (χ2v) is 9.06. The van der Waals surface area contributed by atoms with Gasteiger partial charge in [0, 0.05) is 24.5 Å². The lowest BCUT2D eigenvalue weighted by Crippen LogP contribution is -2.36. The van der Waals surface area contributed by atoms with Crippen molar-refractivity contribution in [3.8, 4) is 11.5 Å². The fraction of sp³-hybridized carbons (Fsp3) is 0.350. The molecule has 0 aliphatic heterocycles. The second-order valence-electron chi connectivity index (χ2n) is 7.04. The zero-order chi connectivity index (χ0) is 20.5. The van der Waals surface area contributed by atoms with Crippen LogP contribution in [0.5, 0.6) is 11.5 Å². The van der Waals surface area contributed by atoms with E-state index in [0.29, 0.717) is 18.0 Å². The van der Waals surface area contributed by atoms with E-state index in [1.165, 1.54) is 25.3 Å². The van der Waals surface area contributed by atoms with Crippen molar-refractivity contribution in [2.75, 3.05) is 18.7 Å². The monoisotopic (exact) mass is 404 g/mol. The molecule has 7 nitrogen and oxygen atoms in total. The number of phenolic OH excluding ortho intramolecular Hbond substituents is 1. The Balaban J connectivity index is 1.81. The first-order valence-corrected chi connectivity index (χ1v) is 10.8. The summed E-state index contributed by atoms with van der Waals surface area (Å²) in [6.45, 7) is 2.17. The van der Waals surface area contributed by atoms with Gasteiger partial charge in [0.05, 0.1) is 12.0 Å². The maximum Gasteiger partial charge on any atom is 0.322 e. The molecule has 3 rings (SSSR count). The molecule has 2 aromatic rings. The van der Waals surface area contributed by atoms with E-state index in [2.05, 4.69) is 5.32 Å². The minimum atomic E-state index is -3.36. The predicted octanol–water partition coefficient (Wildman–Crippen LogP) is 3.31. The maximum absolute atomic E-state index is 12.9. The number of ether oxygens (including phenoxy) is 1. The normalized spacial score (nSPS) is 13.8. The van der Waals surface area contributed by atoms with Gasteiger partial charge in [-0.3, -0.25) is 0 Å². The van der Waals surface area contributed by atoms with Gasteiger partial charge in [-0.2, -0.15) is 0 Å². The molecule has 1 aliphatic rings. The first-order chi connectivity index (χ1) is 13.2. The fourth-order valence-corrected chi connectivity index (χ4v) is 3.57. The SMILES string of the molecule is COc1cc(CN(C(=O)Nc2cc(S(C)(=O)=O)ccc2C)C2CC2)ccc1O. The van der Waals surface area contributed by atoms with Crippen LogP contribution in [0.1, 0.15) is 24.0 Å².